The molecule has 27 heavy (non-hydrogen) atoms. The van der Waals surface area contributed by atoms with E-state index in [0.29, 0.717) is 36.2 Å². The first kappa shape index (κ1) is 17.5. The molecular formula is C19H22N4O4. The number of ether oxygens (including phenoxy) is 3. The average molecular weight is 370 g/mol. The molecule has 8 nitrogen and oxygen atoms in total. The summed E-state index contributed by atoms with van der Waals surface area (Å²) in [5.74, 6) is 2.34. The maximum Gasteiger partial charge on any atom is 0.270 e. The summed E-state index contributed by atoms with van der Waals surface area (Å²) in [7, 11) is 0. The number of hydrogen-bond acceptors (Lipinski definition) is 7. The number of fused-ring (bicyclic) bond motifs is 1. The minimum atomic E-state index is -0.252. The maximum atomic E-state index is 12.5. The first-order chi connectivity index (χ1) is 13.2. The molecule has 3 heterocycles. The van der Waals surface area contributed by atoms with Gasteiger partial charge in [0.2, 0.25) is 6.79 Å². The van der Waals surface area contributed by atoms with Crippen molar-refractivity contribution in [2.75, 3.05) is 25.3 Å². The van der Waals surface area contributed by atoms with Crippen LogP contribution in [0.25, 0.3) is 0 Å². The molecular weight excluding hydrogens is 348 g/mol. The molecule has 2 aromatic rings. The molecule has 2 N–H and O–H groups in total. The number of anilines is 1. The number of hydrogen-bond donors (Lipinski definition) is 2. The molecule has 1 atom stereocenters. The highest BCUT2D eigenvalue weighted by atomic mass is 16.7. The van der Waals surface area contributed by atoms with Crippen LogP contribution in [0.1, 0.15) is 34.7 Å². The molecule has 1 unspecified atom stereocenters. The highest BCUT2D eigenvalue weighted by Crippen LogP contribution is 2.32. The number of nitrogens with one attached hydrogen (secondary N) is 2. The Balaban J connectivity index is 1.37. The number of nitrogens with zero attached hydrogens (tertiary/aromatic N) is 2. The Morgan fingerprint density at radius 1 is 1.22 bits per heavy atom. The van der Waals surface area contributed by atoms with Crippen LogP contribution in [0.5, 0.6) is 11.5 Å². The lowest BCUT2D eigenvalue weighted by molar-refractivity contribution is 0.0945. The van der Waals surface area contributed by atoms with Gasteiger partial charge in [-0.05, 0) is 37.5 Å². The van der Waals surface area contributed by atoms with Crippen LogP contribution in [0.2, 0.25) is 0 Å². The predicted molar refractivity (Wildman–Crippen MR) is 98.0 cm³/mol. The normalized spacial score (nSPS) is 17.7. The molecule has 0 radical (unpaired) electrons. The van der Waals surface area contributed by atoms with Crippen LogP contribution >= 0.6 is 0 Å². The topological polar surface area (TPSA) is 94.6 Å². The fraction of sp³-hybridized carbons (Fsp3) is 0.421. The third-order valence-electron chi connectivity index (χ3n) is 4.50. The van der Waals surface area contributed by atoms with Crippen LogP contribution in [0.15, 0.2) is 24.3 Å². The molecule has 4 rings (SSSR count). The van der Waals surface area contributed by atoms with E-state index >= 15 is 0 Å². The molecule has 2 aliphatic heterocycles. The second-order valence-electron chi connectivity index (χ2n) is 6.57. The lowest BCUT2D eigenvalue weighted by atomic mass is 10.2. The monoisotopic (exact) mass is 370 g/mol. The van der Waals surface area contributed by atoms with Crippen LogP contribution in [-0.4, -0.2) is 41.9 Å². The summed E-state index contributed by atoms with van der Waals surface area (Å²) in [4.78, 5) is 21.1. The Kier molecular flexibility index (Phi) is 5.06. The summed E-state index contributed by atoms with van der Waals surface area (Å²) in [6.45, 7) is 3.85. The third-order valence-corrected chi connectivity index (χ3v) is 4.50. The maximum absolute atomic E-state index is 12.5. The van der Waals surface area contributed by atoms with Crippen LogP contribution < -0.4 is 20.1 Å². The second kappa shape index (κ2) is 7.79. The molecule has 1 amide bonds. The van der Waals surface area contributed by atoms with Gasteiger partial charge in [0.1, 0.15) is 17.3 Å². The van der Waals surface area contributed by atoms with E-state index < -0.39 is 0 Å². The van der Waals surface area contributed by atoms with Crippen LogP contribution in [0.4, 0.5) is 5.82 Å². The zero-order valence-corrected chi connectivity index (χ0v) is 15.2. The molecule has 0 bridgehead atoms. The van der Waals surface area contributed by atoms with E-state index in [0.717, 1.165) is 30.8 Å². The third kappa shape index (κ3) is 4.28. The van der Waals surface area contributed by atoms with Gasteiger partial charge in [0.05, 0.1) is 6.10 Å². The van der Waals surface area contributed by atoms with Gasteiger partial charge in [-0.2, -0.15) is 0 Å². The lowest BCUT2D eigenvalue weighted by Crippen LogP contribution is -2.25. The smallest absolute Gasteiger partial charge is 0.270 e. The Labute approximate surface area is 157 Å². The van der Waals surface area contributed by atoms with Gasteiger partial charge in [0.15, 0.2) is 11.5 Å². The van der Waals surface area contributed by atoms with Gasteiger partial charge in [-0.1, -0.05) is 6.07 Å². The predicted octanol–water partition coefficient (Wildman–Crippen LogP) is 2.03. The van der Waals surface area contributed by atoms with E-state index in [1.165, 1.54) is 0 Å². The molecule has 0 spiro atoms. The van der Waals surface area contributed by atoms with Gasteiger partial charge in [-0.25, -0.2) is 9.97 Å². The second-order valence-corrected chi connectivity index (χ2v) is 6.57. The van der Waals surface area contributed by atoms with E-state index in [2.05, 4.69) is 20.6 Å². The zero-order valence-electron chi connectivity index (χ0n) is 15.2. The van der Waals surface area contributed by atoms with Crippen LogP contribution in [0, 0.1) is 6.92 Å². The number of rotatable bonds is 6. The van der Waals surface area contributed by atoms with Crippen molar-refractivity contribution in [2.24, 2.45) is 0 Å². The minimum absolute atomic E-state index is 0.198. The van der Waals surface area contributed by atoms with Gasteiger partial charge >= 0.3 is 0 Å². The summed E-state index contributed by atoms with van der Waals surface area (Å²) < 4.78 is 16.2. The van der Waals surface area contributed by atoms with E-state index in [9.17, 15) is 4.79 Å². The standard InChI is InChI=1S/C19H22N4O4/c1-12-22-15(8-18(23-12)20-10-14-3-2-6-25-14)19(24)21-9-13-4-5-16-17(7-13)27-11-26-16/h4-5,7-8,14H,2-3,6,9-11H2,1H3,(H,21,24)(H,20,22,23). The number of aromatic nitrogens is 2. The van der Waals surface area contributed by atoms with Crippen molar-refractivity contribution in [1.82, 2.24) is 15.3 Å². The molecule has 0 saturated carbocycles. The fourth-order valence-corrected chi connectivity index (χ4v) is 3.12. The fourth-order valence-electron chi connectivity index (χ4n) is 3.12. The van der Waals surface area contributed by atoms with Gasteiger partial charge in [-0.15, -0.1) is 0 Å². The van der Waals surface area contributed by atoms with E-state index in [4.69, 9.17) is 14.2 Å². The quantitative estimate of drug-likeness (QED) is 0.803. The first-order valence-electron chi connectivity index (χ1n) is 9.05. The molecule has 0 aliphatic carbocycles. The molecule has 1 aromatic heterocycles. The summed E-state index contributed by atoms with van der Waals surface area (Å²) in [6.07, 6.45) is 2.33. The Bertz CT molecular complexity index is 836. The van der Waals surface area contributed by atoms with Crippen molar-refractivity contribution in [1.29, 1.82) is 0 Å². The van der Waals surface area contributed by atoms with Crippen molar-refractivity contribution in [3.8, 4) is 11.5 Å². The van der Waals surface area contributed by atoms with Gasteiger partial charge in [0.25, 0.3) is 5.91 Å². The van der Waals surface area contributed by atoms with E-state index in [1.807, 2.05) is 18.2 Å². The number of carbonyl (C=O) groups excluding carboxylic acids is 1. The molecule has 2 aliphatic rings. The highest BCUT2D eigenvalue weighted by molar-refractivity contribution is 5.92. The van der Waals surface area contributed by atoms with Crippen molar-refractivity contribution in [3.63, 3.8) is 0 Å². The summed E-state index contributed by atoms with van der Waals surface area (Å²) in [5.41, 5.74) is 1.26. The van der Waals surface area contributed by atoms with Crippen molar-refractivity contribution in [2.45, 2.75) is 32.4 Å². The zero-order chi connectivity index (χ0) is 18.6. The number of benzene rings is 1. The van der Waals surface area contributed by atoms with Gasteiger partial charge < -0.3 is 24.8 Å². The lowest BCUT2D eigenvalue weighted by Gasteiger charge is -2.12. The Morgan fingerprint density at radius 2 is 2.11 bits per heavy atom. The van der Waals surface area contributed by atoms with Crippen LogP contribution in [0.3, 0.4) is 0 Å². The molecule has 1 aromatic carbocycles. The Morgan fingerprint density at radius 3 is 2.96 bits per heavy atom. The Hall–Kier alpha value is -2.87. The summed E-state index contributed by atoms with van der Waals surface area (Å²) >= 11 is 0. The van der Waals surface area contributed by atoms with Crippen LogP contribution in [-0.2, 0) is 11.3 Å². The number of amides is 1. The minimum Gasteiger partial charge on any atom is -0.454 e. The molecule has 1 fully saturated rings. The van der Waals surface area contributed by atoms with E-state index in [1.54, 1.807) is 13.0 Å². The number of aryl methyl sites for hydroxylation is 1. The molecule has 8 heteroatoms. The highest BCUT2D eigenvalue weighted by Gasteiger charge is 2.17. The number of carbonyl (C=O) groups is 1. The SMILES string of the molecule is Cc1nc(NCC2CCCO2)cc(C(=O)NCc2ccc3c(c2)OCO3)n1. The summed E-state index contributed by atoms with van der Waals surface area (Å²) in [6, 6.07) is 7.26. The van der Waals surface area contributed by atoms with E-state index in [-0.39, 0.29) is 18.8 Å². The van der Waals surface area contributed by atoms with Crippen molar-refractivity contribution >= 4 is 11.7 Å². The summed E-state index contributed by atoms with van der Waals surface area (Å²) in [5, 5.41) is 6.12. The van der Waals surface area contributed by atoms with Gasteiger partial charge in [-0.3, -0.25) is 4.79 Å². The van der Waals surface area contributed by atoms with Crippen molar-refractivity contribution in [3.05, 3.63) is 41.3 Å². The molecule has 142 valence electrons. The first-order valence-corrected chi connectivity index (χ1v) is 9.05. The van der Waals surface area contributed by atoms with Gasteiger partial charge in [0, 0.05) is 25.8 Å². The largest absolute Gasteiger partial charge is 0.454 e. The molecule has 1 saturated heterocycles. The van der Waals surface area contributed by atoms with Crippen molar-refractivity contribution < 1.29 is 19.0 Å². The average Bonchev–Trinajstić information content (AvgIpc) is 3.35.